The molecule has 3 N–H and O–H groups in total. The minimum Gasteiger partial charge on any atom is -0.495 e. The van der Waals surface area contributed by atoms with E-state index in [0.29, 0.717) is 67.8 Å². The van der Waals surface area contributed by atoms with Crippen LogP contribution in [0.3, 0.4) is 0 Å². The lowest BCUT2D eigenvalue weighted by molar-refractivity contribution is -0.137. The number of para-hydroxylation sites is 1. The SMILES string of the molecule is CCN(CC=CCN(CC)C(=O)N(CCC(=O)O)CCc1ccc(OC)c(OC)c1)C(=O)Cc1ccc(NC(=O)Nc2ccccc2C)c(OC)c1. The second-order valence-corrected chi connectivity index (χ2v) is 11.9. The Morgan fingerprint density at radius 2 is 1.33 bits per heavy atom. The maximum absolute atomic E-state index is 13.5. The van der Waals surface area contributed by atoms with Crippen molar-refractivity contribution in [2.45, 2.75) is 40.0 Å². The van der Waals surface area contributed by atoms with Crippen LogP contribution >= 0.6 is 0 Å². The largest absolute Gasteiger partial charge is 0.495 e. The van der Waals surface area contributed by atoms with Gasteiger partial charge in [-0.2, -0.15) is 0 Å². The summed E-state index contributed by atoms with van der Waals surface area (Å²) in [6.07, 6.45) is 4.15. The molecule has 0 aliphatic carbocycles. The van der Waals surface area contributed by atoms with Crippen molar-refractivity contribution in [2.24, 2.45) is 0 Å². The Kier molecular flexibility index (Phi) is 16.3. The third-order valence-electron chi connectivity index (χ3n) is 8.45. The molecule has 0 saturated carbocycles. The van der Waals surface area contributed by atoms with Crippen molar-refractivity contribution in [3.05, 3.63) is 89.5 Å². The number of hydrogen-bond acceptors (Lipinski definition) is 7. The van der Waals surface area contributed by atoms with E-state index in [2.05, 4.69) is 10.6 Å². The molecule has 3 aromatic rings. The van der Waals surface area contributed by atoms with Crippen LogP contribution in [0.2, 0.25) is 0 Å². The van der Waals surface area contributed by atoms with Crippen molar-refractivity contribution in [1.82, 2.24) is 14.7 Å². The monoisotopic (exact) mass is 717 g/mol. The van der Waals surface area contributed by atoms with Gasteiger partial charge in [-0.05, 0) is 74.2 Å². The molecular weight excluding hydrogens is 666 g/mol. The van der Waals surface area contributed by atoms with Crippen LogP contribution in [0.25, 0.3) is 0 Å². The van der Waals surface area contributed by atoms with Gasteiger partial charge in [0.25, 0.3) is 0 Å². The quantitative estimate of drug-likeness (QED) is 0.127. The number of rotatable bonds is 19. The van der Waals surface area contributed by atoms with Gasteiger partial charge in [0.2, 0.25) is 5.91 Å². The lowest BCUT2D eigenvalue weighted by Crippen LogP contribution is -2.45. The lowest BCUT2D eigenvalue weighted by Gasteiger charge is -2.29. The number of carboxylic acid groups (broad SMARTS) is 1. The number of carboxylic acids is 1. The van der Waals surface area contributed by atoms with Crippen molar-refractivity contribution in [1.29, 1.82) is 0 Å². The molecule has 0 aromatic heterocycles. The van der Waals surface area contributed by atoms with Crippen molar-refractivity contribution >= 4 is 35.3 Å². The molecule has 0 radical (unpaired) electrons. The predicted molar refractivity (Wildman–Crippen MR) is 202 cm³/mol. The normalized spacial score (nSPS) is 10.7. The molecule has 0 spiro atoms. The van der Waals surface area contributed by atoms with Crippen molar-refractivity contribution < 1.29 is 38.5 Å². The summed E-state index contributed by atoms with van der Waals surface area (Å²) in [5, 5.41) is 14.9. The van der Waals surface area contributed by atoms with Crippen molar-refractivity contribution in [3.8, 4) is 17.2 Å². The molecule has 0 bridgehead atoms. The zero-order valence-corrected chi connectivity index (χ0v) is 30.9. The number of benzene rings is 3. The number of nitrogens with one attached hydrogen (secondary N) is 2. The number of ether oxygens (including phenoxy) is 3. The van der Waals surface area contributed by atoms with E-state index < -0.39 is 12.0 Å². The number of urea groups is 2. The third kappa shape index (κ3) is 12.3. The van der Waals surface area contributed by atoms with Crippen LogP contribution < -0.4 is 24.8 Å². The first-order valence-corrected chi connectivity index (χ1v) is 17.2. The van der Waals surface area contributed by atoms with E-state index in [1.165, 1.54) is 7.11 Å². The highest BCUT2D eigenvalue weighted by Gasteiger charge is 2.21. The summed E-state index contributed by atoms with van der Waals surface area (Å²) in [6, 6.07) is 17.5. The van der Waals surface area contributed by atoms with E-state index in [0.717, 1.165) is 16.7 Å². The number of methoxy groups -OCH3 is 3. The Morgan fingerprint density at radius 3 is 1.96 bits per heavy atom. The minimum absolute atomic E-state index is 0.0716. The van der Waals surface area contributed by atoms with Crippen molar-refractivity contribution in [3.63, 3.8) is 0 Å². The van der Waals surface area contributed by atoms with Gasteiger partial charge < -0.3 is 44.7 Å². The molecule has 52 heavy (non-hydrogen) atoms. The van der Waals surface area contributed by atoms with Gasteiger partial charge in [0.1, 0.15) is 5.75 Å². The Labute approximate surface area is 306 Å². The number of anilines is 2. The predicted octanol–water partition coefficient (Wildman–Crippen LogP) is 6.07. The first-order chi connectivity index (χ1) is 25.0. The number of hydrogen-bond donors (Lipinski definition) is 3. The maximum Gasteiger partial charge on any atom is 0.323 e. The molecule has 3 rings (SSSR count). The van der Waals surface area contributed by atoms with Crippen molar-refractivity contribution in [2.75, 3.05) is 71.2 Å². The second kappa shape index (κ2) is 20.8. The van der Waals surface area contributed by atoms with Crippen LogP contribution in [0.15, 0.2) is 72.8 Å². The topological polar surface area (TPSA) is 150 Å². The average molecular weight is 718 g/mol. The highest BCUT2D eigenvalue weighted by molar-refractivity contribution is 6.01. The molecule has 3 aromatic carbocycles. The van der Waals surface area contributed by atoms with Crippen LogP contribution in [0.1, 0.15) is 37.0 Å². The lowest BCUT2D eigenvalue weighted by atomic mass is 10.1. The summed E-state index contributed by atoms with van der Waals surface area (Å²) in [5.74, 6) is 0.531. The molecule has 0 fully saturated rings. The number of carbonyl (C=O) groups is 4. The number of likely N-dealkylation sites (N-methyl/N-ethyl adjacent to an activating group) is 2. The summed E-state index contributed by atoms with van der Waals surface area (Å²) in [7, 11) is 4.62. The number of nitrogens with zero attached hydrogens (tertiary/aromatic N) is 3. The summed E-state index contributed by atoms with van der Waals surface area (Å²) in [6.45, 7) is 7.60. The number of aliphatic carboxylic acids is 1. The van der Waals surface area contributed by atoms with E-state index in [9.17, 15) is 24.3 Å². The van der Waals surface area contributed by atoms with Gasteiger partial charge in [0, 0.05) is 45.0 Å². The average Bonchev–Trinajstić information content (AvgIpc) is 3.14. The molecule has 0 atom stereocenters. The third-order valence-corrected chi connectivity index (χ3v) is 8.45. The van der Waals surface area contributed by atoms with Crippen LogP contribution in [-0.2, 0) is 22.4 Å². The molecular formula is C39H51N5O8. The fraction of sp³-hybridized carbons (Fsp3) is 0.385. The standard InChI is InChI=1S/C39H51N5O8/c1-7-42(36(45)27-30-15-17-32(34(26-30)51-5)41-38(48)40-31-14-10-9-13-28(31)3)21-11-12-22-43(8-2)39(49)44(24-20-37(46)47)23-19-29-16-18-33(50-4)35(25-29)52-6/h9-18,25-26H,7-8,19-24,27H2,1-6H3,(H,46,47)(H2,40,41,48). The zero-order chi connectivity index (χ0) is 38.0. The van der Waals surface area contributed by atoms with Crippen LogP contribution in [0, 0.1) is 6.92 Å². The fourth-order valence-corrected chi connectivity index (χ4v) is 5.41. The molecule has 13 nitrogen and oxygen atoms in total. The van der Waals surface area contributed by atoms with E-state index >= 15 is 0 Å². The Hall–Kier alpha value is -5.72. The second-order valence-electron chi connectivity index (χ2n) is 11.9. The number of aryl methyl sites for hydroxylation is 1. The molecule has 0 aliphatic rings. The van der Waals surface area contributed by atoms with E-state index in [1.54, 1.807) is 53.2 Å². The van der Waals surface area contributed by atoms with E-state index in [4.69, 9.17) is 14.2 Å². The van der Waals surface area contributed by atoms with Gasteiger partial charge in [-0.25, -0.2) is 9.59 Å². The molecule has 13 heteroatoms. The molecule has 280 valence electrons. The number of amides is 5. The number of carbonyl (C=O) groups excluding carboxylic acids is 3. The summed E-state index contributed by atoms with van der Waals surface area (Å²) < 4.78 is 16.2. The van der Waals surface area contributed by atoms with Gasteiger partial charge in [-0.1, -0.05) is 42.5 Å². The summed E-state index contributed by atoms with van der Waals surface area (Å²) >= 11 is 0. The molecule has 0 unspecified atom stereocenters. The van der Waals surface area contributed by atoms with Gasteiger partial charge in [-0.15, -0.1) is 0 Å². The Bertz CT molecular complexity index is 1690. The first-order valence-electron chi connectivity index (χ1n) is 17.2. The highest BCUT2D eigenvalue weighted by Crippen LogP contribution is 2.28. The zero-order valence-electron chi connectivity index (χ0n) is 30.9. The summed E-state index contributed by atoms with van der Waals surface area (Å²) in [4.78, 5) is 55.7. The molecule has 0 saturated heterocycles. The smallest absolute Gasteiger partial charge is 0.323 e. The fourth-order valence-electron chi connectivity index (χ4n) is 5.41. The van der Waals surface area contributed by atoms with Crippen LogP contribution in [-0.4, -0.2) is 104 Å². The van der Waals surface area contributed by atoms with Gasteiger partial charge in [0.05, 0.1) is 39.9 Å². The highest BCUT2D eigenvalue weighted by atomic mass is 16.5. The Balaban J connectivity index is 1.58. The first kappa shape index (κ1) is 40.7. The molecule has 0 aliphatic heterocycles. The van der Waals surface area contributed by atoms with E-state index in [1.807, 2.05) is 69.3 Å². The van der Waals surface area contributed by atoms with Crippen LogP contribution in [0.4, 0.5) is 21.0 Å². The van der Waals surface area contributed by atoms with Gasteiger partial charge in [0.15, 0.2) is 11.5 Å². The minimum atomic E-state index is -0.983. The van der Waals surface area contributed by atoms with Crippen LogP contribution in [0.5, 0.6) is 17.2 Å². The maximum atomic E-state index is 13.5. The Morgan fingerprint density at radius 1 is 0.712 bits per heavy atom. The van der Waals surface area contributed by atoms with E-state index in [-0.39, 0.29) is 31.3 Å². The van der Waals surface area contributed by atoms with Gasteiger partial charge in [-0.3, -0.25) is 9.59 Å². The van der Waals surface area contributed by atoms with Gasteiger partial charge >= 0.3 is 18.0 Å². The summed E-state index contributed by atoms with van der Waals surface area (Å²) in [5.41, 5.74) is 3.75. The molecule has 5 amide bonds. The molecule has 0 heterocycles.